The summed E-state index contributed by atoms with van der Waals surface area (Å²) >= 11 is 0. The van der Waals surface area contributed by atoms with Crippen molar-refractivity contribution in [2.24, 2.45) is 0 Å². The van der Waals surface area contributed by atoms with Crippen molar-refractivity contribution in [3.63, 3.8) is 0 Å². The fourth-order valence-electron chi connectivity index (χ4n) is 2.15. The van der Waals surface area contributed by atoms with Gasteiger partial charge in [0.15, 0.2) is 0 Å². The van der Waals surface area contributed by atoms with Crippen molar-refractivity contribution >= 4 is 8.60 Å². The number of rotatable bonds is 8. The average Bonchev–Trinajstić information content (AvgIpc) is 2.36. The molecule has 0 fully saturated rings. The molecule has 1 aromatic rings. The van der Waals surface area contributed by atoms with E-state index < -0.39 is 8.60 Å². The second-order valence-electron chi connectivity index (χ2n) is 4.94. The molecular weight excluding hydrogens is 259 g/mol. The van der Waals surface area contributed by atoms with Crippen LogP contribution in [0.4, 0.5) is 0 Å². The lowest BCUT2D eigenvalue weighted by Crippen LogP contribution is -1.98. The first-order valence-corrected chi connectivity index (χ1v) is 8.23. The summed E-state index contributed by atoms with van der Waals surface area (Å²) in [5.41, 5.74) is 3.61. The first-order chi connectivity index (χ1) is 9.08. The van der Waals surface area contributed by atoms with E-state index >= 15 is 0 Å². The Kier molecular flexibility index (Phi) is 7.37. The molecule has 0 radical (unpaired) electrons. The maximum atomic E-state index is 9.06. The van der Waals surface area contributed by atoms with Crippen LogP contribution in [-0.4, -0.2) is 9.79 Å². The monoisotopic (exact) mass is 284 g/mol. The molecule has 0 spiro atoms. The number of hydrogen-bond acceptors (Lipinski definition) is 3. The fourth-order valence-corrected chi connectivity index (χ4v) is 2.50. The Balaban J connectivity index is 2.97. The molecule has 0 saturated carbocycles. The summed E-state index contributed by atoms with van der Waals surface area (Å²) in [4.78, 5) is 18.1. The highest BCUT2D eigenvalue weighted by atomic mass is 31.2. The largest absolute Gasteiger partial charge is 0.427 e. The summed E-state index contributed by atoms with van der Waals surface area (Å²) in [5.74, 6) is 0.627. The van der Waals surface area contributed by atoms with Gasteiger partial charge in [-0.2, -0.15) is 0 Å². The van der Waals surface area contributed by atoms with Crippen LogP contribution in [0.2, 0.25) is 0 Å². The zero-order chi connectivity index (χ0) is 14.3. The maximum Gasteiger partial charge on any atom is 0.391 e. The van der Waals surface area contributed by atoms with E-state index in [1.54, 1.807) is 0 Å². The molecule has 108 valence electrons. The van der Waals surface area contributed by atoms with E-state index in [1.165, 1.54) is 24.0 Å². The molecule has 0 saturated heterocycles. The molecule has 1 aromatic carbocycles. The minimum Gasteiger partial charge on any atom is -0.427 e. The van der Waals surface area contributed by atoms with E-state index in [4.69, 9.17) is 14.3 Å². The van der Waals surface area contributed by atoms with E-state index in [0.29, 0.717) is 5.75 Å². The third-order valence-electron chi connectivity index (χ3n) is 3.30. The molecular formula is C15H25O3P. The first-order valence-electron chi connectivity index (χ1n) is 7.06. The van der Waals surface area contributed by atoms with Crippen molar-refractivity contribution in [2.75, 3.05) is 0 Å². The van der Waals surface area contributed by atoms with Crippen LogP contribution in [0.25, 0.3) is 0 Å². The van der Waals surface area contributed by atoms with Crippen LogP contribution in [-0.2, 0) is 12.8 Å². The summed E-state index contributed by atoms with van der Waals surface area (Å²) in [6.45, 7) is 6.39. The minimum absolute atomic E-state index is 0.627. The van der Waals surface area contributed by atoms with Crippen molar-refractivity contribution in [2.45, 2.75) is 59.3 Å². The van der Waals surface area contributed by atoms with Gasteiger partial charge in [-0.05, 0) is 55.4 Å². The van der Waals surface area contributed by atoms with Gasteiger partial charge in [-0.15, -0.1) is 0 Å². The fraction of sp³-hybridized carbons (Fsp3) is 0.600. The third-order valence-corrected chi connectivity index (χ3v) is 3.66. The standard InChI is InChI=1S/C15H25O3P/c1-4-6-8-13-11-14(9-7-5-2)15(10-12(13)3)18-19(16)17/h10-11,16-17H,4-9H2,1-3H3. The molecule has 3 nitrogen and oxygen atoms in total. The van der Waals surface area contributed by atoms with Gasteiger partial charge in [0.05, 0.1) is 0 Å². The van der Waals surface area contributed by atoms with Crippen LogP contribution in [0.5, 0.6) is 5.75 Å². The molecule has 0 atom stereocenters. The molecule has 0 bridgehead atoms. The summed E-state index contributed by atoms with van der Waals surface area (Å²) in [7, 11) is -2.34. The summed E-state index contributed by atoms with van der Waals surface area (Å²) < 4.78 is 5.16. The van der Waals surface area contributed by atoms with Gasteiger partial charge >= 0.3 is 8.60 Å². The normalized spacial score (nSPS) is 11.1. The maximum absolute atomic E-state index is 9.06. The molecule has 0 aliphatic rings. The lowest BCUT2D eigenvalue weighted by molar-refractivity contribution is 0.373. The first kappa shape index (κ1) is 16.4. The van der Waals surface area contributed by atoms with Gasteiger partial charge in [0.25, 0.3) is 0 Å². The van der Waals surface area contributed by atoms with Gasteiger partial charge in [-0.1, -0.05) is 32.8 Å². The second kappa shape index (κ2) is 8.52. The Hall–Kier alpha value is -0.630. The minimum atomic E-state index is -2.34. The number of hydrogen-bond donors (Lipinski definition) is 2. The number of unbranched alkanes of at least 4 members (excludes halogenated alkanes) is 2. The highest BCUT2D eigenvalue weighted by molar-refractivity contribution is 7.39. The molecule has 0 unspecified atom stereocenters. The Labute approximate surface area is 117 Å². The van der Waals surface area contributed by atoms with Gasteiger partial charge < -0.3 is 14.3 Å². The second-order valence-corrected chi connectivity index (χ2v) is 5.63. The molecule has 0 heterocycles. The van der Waals surface area contributed by atoms with E-state index in [0.717, 1.165) is 31.2 Å². The number of aryl methyl sites for hydroxylation is 3. The van der Waals surface area contributed by atoms with E-state index in [9.17, 15) is 0 Å². The summed E-state index contributed by atoms with van der Waals surface area (Å²) in [6, 6.07) is 4.12. The lowest BCUT2D eigenvalue weighted by Gasteiger charge is -2.15. The van der Waals surface area contributed by atoms with Crippen molar-refractivity contribution in [3.8, 4) is 5.75 Å². The lowest BCUT2D eigenvalue weighted by atomic mass is 9.97. The van der Waals surface area contributed by atoms with Crippen molar-refractivity contribution in [1.82, 2.24) is 0 Å². The Bertz CT molecular complexity index is 391. The molecule has 0 aromatic heterocycles. The molecule has 0 aliphatic carbocycles. The van der Waals surface area contributed by atoms with Crippen LogP contribution in [0.3, 0.4) is 0 Å². The molecule has 4 heteroatoms. The van der Waals surface area contributed by atoms with E-state index in [1.807, 2.05) is 6.07 Å². The number of benzene rings is 1. The molecule has 0 aliphatic heterocycles. The zero-order valence-corrected chi connectivity index (χ0v) is 13.0. The summed E-state index contributed by atoms with van der Waals surface area (Å²) in [5, 5.41) is 0. The van der Waals surface area contributed by atoms with Gasteiger partial charge in [0.2, 0.25) is 0 Å². The van der Waals surface area contributed by atoms with Crippen LogP contribution >= 0.6 is 8.60 Å². The molecule has 0 amide bonds. The van der Waals surface area contributed by atoms with Crippen molar-refractivity contribution in [1.29, 1.82) is 0 Å². The third kappa shape index (κ3) is 5.48. The van der Waals surface area contributed by atoms with Gasteiger partial charge in [0.1, 0.15) is 5.75 Å². The van der Waals surface area contributed by atoms with Gasteiger partial charge in [-0.25, -0.2) is 0 Å². The SMILES string of the molecule is CCCCc1cc(CCCC)c(OP(O)O)cc1C. The topological polar surface area (TPSA) is 49.7 Å². The van der Waals surface area contributed by atoms with Gasteiger partial charge in [0, 0.05) is 0 Å². The zero-order valence-electron chi connectivity index (χ0n) is 12.1. The predicted molar refractivity (Wildman–Crippen MR) is 80.4 cm³/mol. The highest BCUT2D eigenvalue weighted by Crippen LogP contribution is 2.34. The van der Waals surface area contributed by atoms with E-state index in [2.05, 4.69) is 26.8 Å². The van der Waals surface area contributed by atoms with Crippen LogP contribution in [0.1, 0.15) is 56.2 Å². The van der Waals surface area contributed by atoms with Crippen LogP contribution in [0.15, 0.2) is 12.1 Å². The van der Waals surface area contributed by atoms with Crippen molar-refractivity contribution < 1.29 is 14.3 Å². The Morgan fingerprint density at radius 3 is 2.11 bits per heavy atom. The van der Waals surface area contributed by atoms with Crippen LogP contribution < -0.4 is 4.52 Å². The van der Waals surface area contributed by atoms with Crippen LogP contribution in [0, 0.1) is 6.92 Å². The summed E-state index contributed by atoms with van der Waals surface area (Å²) in [6.07, 6.45) is 6.57. The Morgan fingerprint density at radius 2 is 1.58 bits per heavy atom. The Morgan fingerprint density at radius 1 is 1.00 bits per heavy atom. The smallest absolute Gasteiger partial charge is 0.391 e. The molecule has 2 N–H and O–H groups in total. The average molecular weight is 284 g/mol. The molecule has 1 rings (SSSR count). The quantitative estimate of drug-likeness (QED) is 0.701. The van der Waals surface area contributed by atoms with Gasteiger partial charge in [-0.3, -0.25) is 0 Å². The van der Waals surface area contributed by atoms with Crippen molar-refractivity contribution in [3.05, 3.63) is 28.8 Å². The molecule has 19 heavy (non-hydrogen) atoms. The highest BCUT2D eigenvalue weighted by Gasteiger charge is 2.12. The predicted octanol–water partition coefficient (Wildman–Crippen LogP) is 4.27. The van der Waals surface area contributed by atoms with E-state index in [-0.39, 0.29) is 0 Å².